The molecule has 0 amide bonds. The Labute approximate surface area is 88.4 Å². The van der Waals surface area contributed by atoms with Crippen molar-refractivity contribution in [2.75, 3.05) is 26.2 Å². The summed E-state index contributed by atoms with van der Waals surface area (Å²) in [5, 5.41) is 3.38. The lowest BCUT2D eigenvalue weighted by atomic mass is 10.2. The van der Waals surface area contributed by atoms with Gasteiger partial charge in [0.25, 0.3) is 0 Å². The number of hydrogen-bond acceptors (Lipinski definition) is 2. The van der Waals surface area contributed by atoms with Gasteiger partial charge in [-0.3, -0.25) is 4.90 Å². The van der Waals surface area contributed by atoms with Crippen molar-refractivity contribution in [1.82, 2.24) is 10.2 Å². The Morgan fingerprint density at radius 1 is 1.57 bits per heavy atom. The average molecular weight is 196 g/mol. The molecule has 2 nitrogen and oxygen atoms in total. The summed E-state index contributed by atoms with van der Waals surface area (Å²) in [6.45, 7) is 12.7. The van der Waals surface area contributed by atoms with Crippen LogP contribution in [0.1, 0.15) is 26.7 Å². The van der Waals surface area contributed by atoms with Gasteiger partial charge in [-0.05, 0) is 32.2 Å². The van der Waals surface area contributed by atoms with E-state index in [0.29, 0.717) is 6.04 Å². The molecule has 1 atom stereocenters. The fourth-order valence-electron chi connectivity index (χ4n) is 1.78. The quantitative estimate of drug-likeness (QED) is 0.471. The van der Waals surface area contributed by atoms with Crippen molar-refractivity contribution in [2.24, 2.45) is 5.92 Å². The molecule has 0 bridgehead atoms. The third-order valence-corrected chi connectivity index (χ3v) is 2.95. The van der Waals surface area contributed by atoms with Gasteiger partial charge in [0, 0.05) is 25.7 Å². The number of rotatable bonds is 8. The van der Waals surface area contributed by atoms with Crippen LogP contribution in [0.25, 0.3) is 0 Å². The van der Waals surface area contributed by atoms with Crippen molar-refractivity contribution in [1.29, 1.82) is 0 Å². The van der Waals surface area contributed by atoms with Crippen LogP contribution in [0, 0.1) is 5.92 Å². The lowest BCUT2D eigenvalue weighted by molar-refractivity contribution is 0.207. The van der Waals surface area contributed by atoms with Gasteiger partial charge in [0.05, 0.1) is 0 Å². The summed E-state index contributed by atoms with van der Waals surface area (Å²) < 4.78 is 0. The maximum absolute atomic E-state index is 3.70. The van der Waals surface area contributed by atoms with Crippen molar-refractivity contribution in [3.8, 4) is 0 Å². The monoisotopic (exact) mass is 196 g/mol. The molecule has 1 aliphatic carbocycles. The Bertz CT molecular complexity index is 164. The minimum atomic E-state index is 0.653. The summed E-state index contributed by atoms with van der Waals surface area (Å²) in [5.41, 5.74) is 0. The first-order valence-electron chi connectivity index (χ1n) is 5.83. The zero-order valence-corrected chi connectivity index (χ0v) is 9.63. The maximum Gasteiger partial charge on any atom is 0.0192 e. The predicted molar refractivity (Wildman–Crippen MR) is 62.5 cm³/mol. The molecule has 0 aromatic carbocycles. The van der Waals surface area contributed by atoms with Gasteiger partial charge >= 0.3 is 0 Å². The normalized spacial score (nSPS) is 18.5. The van der Waals surface area contributed by atoms with E-state index in [1.807, 2.05) is 6.08 Å². The van der Waals surface area contributed by atoms with Gasteiger partial charge in [0.2, 0.25) is 0 Å². The number of nitrogens with zero attached hydrogens (tertiary/aromatic N) is 1. The van der Waals surface area contributed by atoms with Crippen molar-refractivity contribution >= 4 is 0 Å². The summed E-state index contributed by atoms with van der Waals surface area (Å²) in [6.07, 6.45) is 4.82. The first kappa shape index (κ1) is 11.7. The fourth-order valence-corrected chi connectivity index (χ4v) is 1.78. The van der Waals surface area contributed by atoms with Crippen LogP contribution in [0.5, 0.6) is 0 Å². The minimum Gasteiger partial charge on any atom is -0.312 e. The third kappa shape index (κ3) is 4.25. The van der Waals surface area contributed by atoms with Crippen LogP contribution in [-0.4, -0.2) is 37.1 Å². The zero-order valence-electron chi connectivity index (χ0n) is 9.63. The molecule has 0 heterocycles. The maximum atomic E-state index is 3.70. The molecule has 0 aliphatic heterocycles. The van der Waals surface area contributed by atoms with Crippen LogP contribution in [0.2, 0.25) is 0 Å². The van der Waals surface area contributed by atoms with E-state index in [2.05, 4.69) is 30.6 Å². The summed E-state index contributed by atoms with van der Waals surface area (Å²) in [4.78, 5) is 2.58. The number of hydrogen-bond donors (Lipinski definition) is 1. The molecule has 0 spiro atoms. The predicted octanol–water partition coefficient (Wildman–Crippen LogP) is 1.88. The summed E-state index contributed by atoms with van der Waals surface area (Å²) in [5.74, 6) is 0.997. The van der Waals surface area contributed by atoms with Gasteiger partial charge in [-0.25, -0.2) is 0 Å². The van der Waals surface area contributed by atoms with Crippen molar-refractivity contribution in [3.05, 3.63) is 12.7 Å². The van der Waals surface area contributed by atoms with E-state index in [0.717, 1.165) is 19.0 Å². The van der Waals surface area contributed by atoms with Gasteiger partial charge < -0.3 is 5.32 Å². The number of likely N-dealkylation sites (N-methyl/N-ethyl adjacent to an activating group) is 1. The topological polar surface area (TPSA) is 15.3 Å². The van der Waals surface area contributed by atoms with Crippen molar-refractivity contribution in [2.45, 2.75) is 32.7 Å². The SMILES string of the molecule is C=CCNCC(C)N(CC)CC1CC1. The van der Waals surface area contributed by atoms with Crippen LogP contribution >= 0.6 is 0 Å². The zero-order chi connectivity index (χ0) is 10.4. The Morgan fingerprint density at radius 3 is 2.79 bits per heavy atom. The molecule has 82 valence electrons. The van der Waals surface area contributed by atoms with Crippen LogP contribution in [0.3, 0.4) is 0 Å². The Hall–Kier alpha value is -0.340. The summed E-state index contributed by atoms with van der Waals surface area (Å²) in [7, 11) is 0. The first-order valence-corrected chi connectivity index (χ1v) is 5.83. The molecular weight excluding hydrogens is 172 g/mol. The summed E-state index contributed by atoms with van der Waals surface area (Å²) in [6, 6.07) is 0.653. The smallest absolute Gasteiger partial charge is 0.0192 e. The first-order chi connectivity index (χ1) is 6.77. The van der Waals surface area contributed by atoms with E-state index in [1.165, 1.54) is 25.9 Å². The van der Waals surface area contributed by atoms with E-state index in [9.17, 15) is 0 Å². The third-order valence-electron chi connectivity index (χ3n) is 2.95. The molecule has 1 unspecified atom stereocenters. The molecule has 0 aromatic rings. The van der Waals surface area contributed by atoms with E-state index in [-0.39, 0.29) is 0 Å². The molecule has 1 N–H and O–H groups in total. The van der Waals surface area contributed by atoms with Gasteiger partial charge in [0.1, 0.15) is 0 Å². The minimum absolute atomic E-state index is 0.653. The molecule has 0 aromatic heterocycles. The summed E-state index contributed by atoms with van der Waals surface area (Å²) >= 11 is 0. The highest BCUT2D eigenvalue weighted by Gasteiger charge is 2.25. The molecule has 0 saturated heterocycles. The molecule has 1 aliphatic rings. The van der Waals surface area contributed by atoms with Crippen molar-refractivity contribution in [3.63, 3.8) is 0 Å². The van der Waals surface area contributed by atoms with E-state index < -0.39 is 0 Å². The second-order valence-electron chi connectivity index (χ2n) is 4.33. The Balaban J connectivity index is 2.15. The molecule has 0 radical (unpaired) electrons. The van der Waals surface area contributed by atoms with Gasteiger partial charge in [0.15, 0.2) is 0 Å². The van der Waals surface area contributed by atoms with Gasteiger partial charge in [-0.1, -0.05) is 13.0 Å². The fraction of sp³-hybridized carbons (Fsp3) is 0.833. The molecule has 2 heteroatoms. The van der Waals surface area contributed by atoms with Crippen LogP contribution in [0.15, 0.2) is 12.7 Å². The van der Waals surface area contributed by atoms with Crippen LogP contribution in [-0.2, 0) is 0 Å². The van der Waals surface area contributed by atoms with Crippen LogP contribution < -0.4 is 5.32 Å². The lowest BCUT2D eigenvalue weighted by Gasteiger charge is -2.27. The molecule has 1 saturated carbocycles. The van der Waals surface area contributed by atoms with E-state index >= 15 is 0 Å². The van der Waals surface area contributed by atoms with Gasteiger partial charge in [-0.15, -0.1) is 6.58 Å². The highest BCUT2D eigenvalue weighted by molar-refractivity contribution is 4.80. The standard InChI is InChI=1S/C12H24N2/c1-4-8-13-9-11(3)14(5-2)10-12-6-7-12/h4,11-13H,1,5-10H2,2-3H3. The Kier molecular flexibility index (Phi) is 5.20. The van der Waals surface area contributed by atoms with E-state index in [4.69, 9.17) is 0 Å². The molecule has 14 heavy (non-hydrogen) atoms. The highest BCUT2D eigenvalue weighted by Crippen LogP contribution is 2.30. The number of nitrogens with one attached hydrogen (secondary N) is 1. The van der Waals surface area contributed by atoms with Gasteiger partial charge in [-0.2, -0.15) is 0 Å². The van der Waals surface area contributed by atoms with Crippen molar-refractivity contribution < 1.29 is 0 Å². The Morgan fingerprint density at radius 2 is 2.29 bits per heavy atom. The second kappa shape index (κ2) is 6.20. The molecule has 1 rings (SSSR count). The molecule has 1 fully saturated rings. The van der Waals surface area contributed by atoms with Crippen LogP contribution in [0.4, 0.5) is 0 Å². The average Bonchev–Trinajstić information content (AvgIpc) is 2.98. The van der Waals surface area contributed by atoms with E-state index in [1.54, 1.807) is 0 Å². The highest BCUT2D eigenvalue weighted by atomic mass is 15.2. The lowest BCUT2D eigenvalue weighted by Crippen LogP contribution is -2.41. The second-order valence-corrected chi connectivity index (χ2v) is 4.33. The molecular formula is C12H24N2. The largest absolute Gasteiger partial charge is 0.312 e.